The summed E-state index contributed by atoms with van der Waals surface area (Å²) in [6.45, 7) is 4.23. The minimum atomic E-state index is 0.0186. The topological polar surface area (TPSA) is 79.8 Å². The van der Waals surface area contributed by atoms with Crippen molar-refractivity contribution in [2.75, 3.05) is 10.6 Å². The molecule has 0 amide bonds. The SMILES string of the molecule is CC(=O)c1cccc(Nc2cnnc(NCc3ccccc3C)n2)c1. The number of aryl methyl sites for hydroxylation is 1. The van der Waals surface area contributed by atoms with E-state index in [0.29, 0.717) is 23.9 Å². The van der Waals surface area contributed by atoms with Crippen LogP contribution < -0.4 is 10.6 Å². The van der Waals surface area contributed by atoms with E-state index >= 15 is 0 Å². The molecule has 0 atom stereocenters. The van der Waals surface area contributed by atoms with E-state index in [-0.39, 0.29) is 5.78 Å². The average molecular weight is 333 g/mol. The van der Waals surface area contributed by atoms with Crippen LogP contribution in [0.4, 0.5) is 17.5 Å². The van der Waals surface area contributed by atoms with E-state index in [9.17, 15) is 4.79 Å². The number of anilines is 3. The molecule has 6 heteroatoms. The Kier molecular flexibility index (Phi) is 4.99. The molecule has 2 N–H and O–H groups in total. The molecule has 126 valence electrons. The first-order valence-corrected chi connectivity index (χ1v) is 7.98. The summed E-state index contributed by atoms with van der Waals surface area (Å²) in [5, 5.41) is 14.3. The Labute approximate surface area is 146 Å². The third-order valence-electron chi connectivity index (χ3n) is 3.80. The van der Waals surface area contributed by atoms with E-state index in [1.54, 1.807) is 25.3 Å². The van der Waals surface area contributed by atoms with Crippen molar-refractivity contribution in [2.24, 2.45) is 0 Å². The fraction of sp³-hybridized carbons (Fsp3) is 0.158. The summed E-state index contributed by atoms with van der Waals surface area (Å²) in [5.41, 5.74) is 3.81. The molecular weight excluding hydrogens is 314 g/mol. The third-order valence-corrected chi connectivity index (χ3v) is 3.80. The molecule has 0 spiro atoms. The predicted molar refractivity (Wildman–Crippen MR) is 98.1 cm³/mol. The minimum absolute atomic E-state index is 0.0186. The van der Waals surface area contributed by atoms with Crippen LogP contribution in [-0.2, 0) is 6.54 Å². The van der Waals surface area contributed by atoms with Crippen molar-refractivity contribution in [1.82, 2.24) is 15.2 Å². The summed E-state index contributed by atoms with van der Waals surface area (Å²) in [4.78, 5) is 15.9. The van der Waals surface area contributed by atoms with Crippen molar-refractivity contribution in [1.29, 1.82) is 0 Å². The first kappa shape index (κ1) is 16.6. The van der Waals surface area contributed by atoms with Crippen LogP contribution in [0.1, 0.15) is 28.4 Å². The number of hydrogen-bond acceptors (Lipinski definition) is 6. The number of aromatic nitrogens is 3. The molecule has 1 heterocycles. The number of nitrogens with one attached hydrogen (secondary N) is 2. The first-order chi connectivity index (χ1) is 12.1. The third kappa shape index (κ3) is 4.38. The van der Waals surface area contributed by atoms with E-state index in [4.69, 9.17) is 0 Å². The number of benzene rings is 2. The van der Waals surface area contributed by atoms with Crippen molar-refractivity contribution in [3.8, 4) is 0 Å². The van der Waals surface area contributed by atoms with Gasteiger partial charge in [0.05, 0.1) is 6.20 Å². The van der Waals surface area contributed by atoms with Crippen molar-refractivity contribution in [2.45, 2.75) is 20.4 Å². The molecule has 0 saturated heterocycles. The Morgan fingerprint density at radius 2 is 1.96 bits per heavy atom. The van der Waals surface area contributed by atoms with Gasteiger partial charge in [0.1, 0.15) is 0 Å². The smallest absolute Gasteiger partial charge is 0.244 e. The van der Waals surface area contributed by atoms with Gasteiger partial charge in [-0.05, 0) is 37.1 Å². The zero-order valence-corrected chi connectivity index (χ0v) is 14.2. The molecule has 6 nitrogen and oxygen atoms in total. The Balaban J connectivity index is 1.70. The van der Waals surface area contributed by atoms with Gasteiger partial charge in [-0.25, -0.2) is 0 Å². The zero-order valence-electron chi connectivity index (χ0n) is 14.2. The second kappa shape index (κ2) is 7.53. The summed E-state index contributed by atoms with van der Waals surface area (Å²) in [6.07, 6.45) is 1.54. The molecule has 0 radical (unpaired) electrons. The molecular formula is C19H19N5O. The fourth-order valence-corrected chi connectivity index (χ4v) is 2.39. The van der Waals surface area contributed by atoms with Gasteiger partial charge in [-0.3, -0.25) is 4.79 Å². The van der Waals surface area contributed by atoms with Gasteiger partial charge in [-0.1, -0.05) is 36.4 Å². The molecule has 0 saturated carbocycles. The number of nitrogens with zero attached hydrogens (tertiary/aromatic N) is 3. The molecule has 0 aliphatic carbocycles. The summed E-state index contributed by atoms with van der Waals surface area (Å²) >= 11 is 0. The molecule has 2 aromatic carbocycles. The predicted octanol–water partition coefficient (Wildman–Crippen LogP) is 3.74. The van der Waals surface area contributed by atoms with Gasteiger partial charge in [-0.15, -0.1) is 5.10 Å². The fourth-order valence-electron chi connectivity index (χ4n) is 2.39. The number of hydrogen-bond donors (Lipinski definition) is 2. The Morgan fingerprint density at radius 1 is 1.12 bits per heavy atom. The van der Waals surface area contributed by atoms with Crippen LogP contribution >= 0.6 is 0 Å². The Hall–Kier alpha value is -3.28. The van der Waals surface area contributed by atoms with Crippen molar-refractivity contribution in [3.05, 3.63) is 71.4 Å². The zero-order chi connectivity index (χ0) is 17.6. The second-order valence-electron chi connectivity index (χ2n) is 5.71. The van der Waals surface area contributed by atoms with Gasteiger partial charge < -0.3 is 10.6 Å². The van der Waals surface area contributed by atoms with Crippen LogP contribution in [0.2, 0.25) is 0 Å². The highest BCUT2D eigenvalue weighted by Crippen LogP contribution is 2.17. The quantitative estimate of drug-likeness (QED) is 0.669. The van der Waals surface area contributed by atoms with Crippen LogP contribution in [0.5, 0.6) is 0 Å². The average Bonchev–Trinajstić information content (AvgIpc) is 2.61. The van der Waals surface area contributed by atoms with Gasteiger partial charge in [0.15, 0.2) is 11.6 Å². The van der Waals surface area contributed by atoms with Crippen molar-refractivity contribution in [3.63, 3.8) is 0 Å². The highest BCUT2D eigenvalue weighted by atomic mass is 16.1. The van der Waals surface area contributed by atoms with E-state index in [0.717, 1.165) is 5.69 Å². The molecule has 0 bridgehead atoms. The lowest BCUT2D eigenvalue weighted by Crippen LogP contribution is -2.07. The largest absolute Gasteiger partial charge is 0.349 e. The van der Waals surface area contributed by atoms with Crippen LogP contribution in [-0.4, -0.2) is 21.0 Å². The molecule has 3 aromatic rings. The summed E-state index contributed by atoms with van der Waals surface area (Å²) in [7, 11) is 0. The molecule has 25 heavy (non-hydrogen) atoms. The Morgan fingerprint density at radius 3 is 2.76 bits per heavy atom. The lowest BCUT2D eigenvalue weighted by molar-refractivity contribution is 0.101. The van der Waals surface area contributed by atoms with E-state index in [2.05, 4.69) is 44.9 Å². The van der Waals surface area contributed by atoms with E-state index < -0.39 is 0 Å². The van der Waals surface area contributed by atoms with Gasteiger partial charge in [0, 0.05) is 17.8 Å². The maximum absolute atomic E-state index is 11.5. The second-order valence-corrected chi connectivity index (χ2v) is 5.71. The Bertz CT molecular complexity index is 894. The van der Waals surface area contributed by atoms with Crippen molar-refractivity contribution >= 4 is 23.2 Å². The molecule has 0 fully saturated rings. The van der Waals surface area contributed by atoms with Crippen LogP contribution in [0.15, 0.2) is 54.7 Å². The van der Waals surface area contributed by atoms with Crippen molar-refractivity contribution < 1.29 is 4.79 Å². The summed E-state index contributed by atoms with van der Waals surface area (Å²) in [6, 6.07) is 15.4. The maximum Gasteiger partial charge on any atom is 0.244 e. The lowest BCUT2D eigenvalue weighted by Gasteiger charge is -2.09. The standard InChI is InChI=1S/C19H19N5O/c1-13-6-3-4-7-16(13)11-20-19-23-18(12-21-24-19)22-17-9-5-8-15(10-17)14(2)25/h3-10,12H,11H2,1-2H3,(H2,20,22,23,24). The van der Waals surface area contributed by atoms with Gasteiger partial charge in [0.25, 0.3) is 0 Å². The van der Waals surface area contributed by atoms with E-state index in [1.165, 1.54) is 11.1 Å². The van der Waals surface area contributed by atoms with Crippen LogP contribution in [0.25, 0.3) is 0 Å². The number of carbonyl (C=O) groups is 1. The molecule has 0 aliphatic rings. The van der Waals surface area contributed by atoms with Gasteiger partial charge >= 0.3 is 0 Å². The van der Waals surface area contributed by atoms with Crippen LogP contribution in [0, 0.1) is 6.92 Å². The minimum Gasteiger partial charge on any atom is -0.349 e. The first-order valence-electron chi connectivity index (χ1n) is 7.98. The number of ketones is 1. The summed E-state index contributed by atoms with van der Waals surface area (Å²) < 4.78 is 0. The normalized spacial score (nSPS) is 10.3. The molecule has 0 unspecified atom stereocenters. The molecule has 1 aromatic heterocycles. The number of carbonyl (C=O) groups excluding carboxylic acids is 1. The molecule has 3 rings (SSSR count). The van der Waals surface area contributed by atoms with Gasteiger partial charge in [0.2, 0.25) is 5.95 Å². The monoisotopic (exact) mass is 333 g/mol. The van der Waals surface area contributed by atoms with Gasteiger partial charge in [-0.2, -0.15) is 10.1 Å². The lowest BCUT2D eigenvalue weighted by atomic mass is 10.1. The highest BCUT2D eigenvalue weighted by Gasteiger charge is 2.04. The number of rotatable bonds is 6. The summed E-state index contributed by atoms with van der Waals surface area (Å²) in [5.74, 6) is 1.02. The van der Waals surface area contributed by atoms with Crippen LogP contribution in [0.3, 0.4) is 0 Å². The van der Waals surface area contributed by atoms with E-state index in [1.807, 2.05) is 24.3 Å². The molecule has 0 aliphatic heterocycles. The highest BCUT2D eigenvalue weighted by molar-refractivity contribution is 5.95. The number of Topliss-reactive ketones (excluding diaryl/α,β-unsaturated/α-hetero) is 1. The maximum atomic E-state index is 11.5.